The van der Waals surface area contributed by atoms with E-state index in [0.29, 0.717) is 5.56 Å². The zero-order chi connectivity index (χ0) is 41.8. The lowest BCUT2D eigenvalue weighted by atomic mass is 9.44. The molecule has 2 bridgehead atoms. The second-order valence-corrected chi connectivity index (χ2v) is 16.2. The molecule has 6 N–H and O–H groups in total. The van der Waals surface area contributed by atoms with Crippen molar-refractivity contribution in [2.75, 3.05) is 13.2 Å². The number of benzene rings is 2. The molecule has 6 rings (SSSR count). The third kappa shape index (κ3) is 6.69. The SMILES string of the molecule is C=C(CO)C(=O)N[C@@H](c1ccccc1)[C@@H](O)C(=O)O[C@H]1C[C@@]2(O)[C@@H](OC(=O)c3ccccc3)[C@@H]3[C@]4(OC(C)=O)CO[C@@H]4C[C@H](O)[C@@]3(C)C(=O)[C@H](O)C(=C1C)C2(C)C. The fourth-order valence-corrected chi connectivity index (χ4v) is 9.44. The van der Waals surface area contributed by atoms with Gasteiger partial charge >= 0.3 is 17.9 Å². The van der Waals surface area contributed by atoms with Crippen molar-refractivity contribution in [3.8, 4) is 0 Å². The van der Waals surface area contributed by atoms with E-state index in [1.807, 2.05) is 0 Å². The van der Waals surface area contributed by atoms with Crippen molar-refractivity contribution in [1.82, 2.24) is 5.32 Å². The molecule has 306 valence electrons. The molecule has 1 aliphatic heterocycles. The Bertz CT molecular complexity index is 1980. The average Bonchev–Trinajstić information content (AvgIpc) is 3.18. The minimum Gasteiger partial charge on any atom is -0.456 e. The Morgan fingerprint density at radius 1 is 1.00 bits per heavy atom. The summed E-state index contributed by atoms with van der Waals surface area (Å²) in [6, 6.07) is 14.4. The Balaban J connectivity index is 1.50. The molecule has 11 atom stereocenters. The standard InChI is InChI=1S/C42H49NO14/c1-21(19-44)36(50)43-30(24-13-9-7-10-14-24)32(48)38(52)55-26-18-42(53)35(56-37(51)25-15-11-8-12-16-25)33-40(6,34(49)31(47)29(22(26)2)39(42,4)5)27(46)17-28-41(33,20-54-28)57-23(3)45/h7-16,26-28,30-33,35,44,46-48,53H,1,17-20H2,2-6H3,(H,43,50)/t26-,27-,28+,30-,31+,32+,33-,35-,40+,41-,42+/m0/s1. The number of carbonyl (C=O) groups excluding carboxylic acids is 5. The van der Waals surface area contributed by atoms with Crippen LogP contribution in [0.5, 0.6) is 0 Å². The number of fused-ring (bicyclic) bond motifs is 5. The smallest absolute Gasteiger partial charge is 0.338 e. The summed E-state index contributed by atoms with van der Waals surface area (Å²) in [6.07, 6.45) is -10.7. The number of hydrogen-bond acceptors (Lipinski definition) is 14. The van der Waals surface area contributed by atoms with Gasteiger partial charge in [-0.1, -0.05) is 69.0 Å². The topological polar surface area (TPSA) is 235 Å². The minimum atomic E-state index is -2.37. The number of Topliss-reactive ketones (excluding diaryl/α,β-unsaturated/α-hetero) is 1. The molecule has 3 fully saturated rings. The van der Waals surface area contributed by atoms with Crippen molar-refractivity contribution >= 4 is 29.6 Å². The Morgan fingerprint density at radius 3 is 2.18 bits per heavy atom. The molecule has 1 amide bonds. The predicted molar refractivity (Wildman–Crippen MR) is 199 cm³/mol. The first kappa shape index (κ1) is 41.9. The number of rotatable bonds is 10. The number of nitrogens with one attached hydrogen (secondary N) is 1. The lowest BCUT2D eigenvalue weighted by Crippen LogP contribution is -2.81. The van der Waals surface area contributed by atoms with Gasteiger partial charge in [-0.3, -0.25) is 14.4 Å². The number of ketones is 1. The van der Waals surface area contributed by atoms with Gasteiger partial charge in [0.25, 0.3) is 0 Å². The predicted octanol–water partition coefficient (Wildman–Crippen LogP) is 1.40. The van der Waals surface area contributed by atoms with E-state index >= 15 is 0 Å². The second kappa shape index (κ2) is 15.2. The minimum absolute atomic E-state index is 0.0695. The molecule has 1 heterocycles. The highest BCUT2D eigenvalue weighted by Crippen LogP contribution is 2.64. The normalized spacial score (nSPS) is 33.8. The number of ether oxygens (including phenoxy) is 4. The number of aliphatic hydroxyl groups excluding tert-OH is 4. The first-order chi connectivity index (χ1) is 26.8. The van der Waals surface area contributed by atoms with Gasteiger partial charge in [-0.05, 0) is 42.7 Å². The molecule has 3 aliphatic carbocycles. The van der Waals surface area contributed by atoms with Crippen LogP contribution in [-0.4, -0.2) is 116 Å². The quantitative estimate of drug-likeness (QED) is 0.0865. The van der Waals surface area contributed by atoms with Crippen molar-refractivity contribution in [2.24, 2.45) is 16.7 Å². The van der Waals surface area contributed by atoms with Crippen molar-refractivity contribution in [2.45, 2.75) is 101 Å². The van der Waals surface area contributed by atoms with Gasteiger partial charge in [0.05, 0.1) is 42.3 Å². The number of amides is 1. The van der Waals surface area contributed by atoms with Gasteiger partial charge in [-0.25, -0.2) is 9.59 Å². The highest BCUT2D eigenvalue weighted by atomic mass is 16.6. The van der Waals surface area contributed by atoms with Gasteiger partial charge in [0.2, 0.25) is 5.91 Å². The lowest BCUT2D eigenvalue weighted by molar-refractivity contribution is -0.346. The van der Waals surface area contributed by atoms with Crippen LogP contribution in [0.2, 0.25) is 0 Å². The number of hydrogen-bond donors (Lipinski definition) is 6. The monoisotopic (exact) mass is 791 g/mol. The third-order valence-corrected chi connectivity index (χ3v) is 12.7. The Hall–Kier alpha value is -4.77. The van der Waals surface area contributed by atoms with Crippen LogP contribution in [0, 0.1) is 16.7 Å². The van der Waals surface area contributed by atoms with Gasteiger partial charge in [-0.15, -0.1) is 0 Å². The highest BCUT2D eigenvalue weighted by Gasteiger charge is 2.78. The highest BCUT2D eigenvalue weighted by molar-refractivity contribution is 5.95. The van der Waals surface area contributed by atoms with Crippen LogP contribution < -0.4 is 5.32 Å². The van der Waals surface area contributed by atoms with E-state index in [-0.39, 0.29) is 35.3 Å². The van der Waals surface area contributed by atoms with Crippen LogP contribution in [0.3, 0.4) is 0 Å². The number of aliphatic hydroxyl groups is 5. The van der Waals surface area contributed by atoms with Gasteiger partial charge in [-0.2, -0.15) is 0 Å². The first-order valence-electron chi connectivity index (χ1n) is 18.7. The van der Waals surface area contributed by atoms with Crippen LogP contribution in [0.15, 0.2) is 84.0 Å². The van der Waals surface area contributed by atoms with Gasteiger partial charge in [0, 0.05) is 30.8 Å². The van der Waals surface area contributed by atoms with E-state index in [0.717, 1.165) is 6.92 Å². The van der Waals surface area contributed by atoms with E-state index in [9.17, 15) is 49.5 Å². The van der Waals surface area contributed by atoms with Crippen LogP contribution in [0.1, 0.15) is 69.4 Å². The molecule has 2 aromatic carbocycles. The maximum Gasteiger partial charge on any atom is 0.338 e. The largest absolute Gasteiger partial charge is 0.456 e. The summed E-state index contributed by atoms with van der Waals surface area (Å²) >= 11 is 0. The molecule has 0 unspecified atom stereocenters. The molecule has 4 aliphatic rings. The van der Waals surface area contributed by atoms with Crippen LogP contribution >= 0.6 is 0 Å². The zero-order valence-electron chi connectivity index (χ0n) is 32.3. The Kier molecular flexibility index (Phi) is 11.2. The van der Waals surface area contributed by atoms with Gasteiger partial charge < -0.3 is 49.8 Å². The van der Waals surface area contributed by atoms with Crippen LogP contribution in [0.25, 0.3) is 0 Å². The van der Waals surface area contributed by atoms with Gasteiger partial charge in [0.15, 0.2) is 17.5 Å². The summed E-state index contributed by atoms with van der Waals surface area (Å²) in [4.78, 5) is 68.6. The van der Waals surface area contributed by atoms with E-state index in [4.69, 9.17) is 18.9 Å². The first-order valence-corrected chi connectivity index (χ1v) is 18.7. The molecule has 15 nitrogen and oxygen atoms in total. The number of carbonyl (C=O) groups is 5. The van der Waals surface area contributed by atoms with Crippen molar-refractivity contribution in [3.05, 3.63) is 95.1 Å². The van der Waals surface area contributed by atoms with Gasteiger partial charge in [0.1, 0.15) is 30.0 Å². The summed E-state index contributed by atoms with van der Waals surface area (Å²) in [7, 11) is 0. The van der Waals surface area contributed by atoms with Crippen molar-refractivity contribution < 1.29 is 68.5 Å². The summed E-state index contributed by atoms with van der Waals surface area (Å²) in [5.41, 5.74) is -7.60. The molecule has 57 heavy (non-hydrogen) atoms. The molecular weight excluding hydrogens is 742 g/mol. The van der Waals surface area contributed by atoms with Crippen LogP contribution in [-0.2, 0) is 38.1 Å². The zero-order valence-corrected chi connectivity index (χ0v) is 32.3. The molecule has 0 spiro atoms. The van der Waals surface area contributed by atoms with Crippen molar-refractivity contribution in [1.29, 1.82) is 0 Å². The van der Waals surface area contributed by atoms with Crippen LogP contribution in [0.4, 0.5) is 0 Å². The lowest BCUT2D eigenvalue weighted by Gasteiger charge is -2.67. The van der Waals surface area contributed by atoms with Crippen molar-refractivity contribution in [3.63, 3.8) is 0 Å². The molecular formula is C42H49NO14. The second-order valence-electron chi connectivity index (χ2n) is 16.2. The molecule has 2 aromatic rings. The summed E-state index contributed by atoms with van der Waals surface area (Å²) in [6.45, 7) is 9.57. The Labute approximate surface area is 329 Å². The van der Waals surface area contributed by atoms with E-state index < -0.39 is 113 Å². The molecule has 0 aromatic heterocycles. The Morgan fingerprint density at radius 2 is 1.61 bits per heavy atom. The summed E-state index contributed by atoms with van der Waals surface area (Å²) in [5.74, 6) is -6.30. The maximum absolute atomic E-state index is 14.9. The maximum atomic E-state index is 14.9. The molecule has 15 heteroatoms. The molecule has 1 saturated heterocycles. The fourth-order valence-electron chi connectivity index (χ4n) is 9.44. The molecule has 0 radical (unpaired) electrons. The molecule has 2 saturated carbocycles. The fraction of sp³-hybridized carbons (Fsp3) is 0.500. The summed E-state index contributed by atoms with van der Waals surface area (Å²) in [5, 5.41) is 60.8. The van der Waals surface area contributed by atoms with E-state index in [2.05, 4.69) is 11.9 Å². The number of esters is 3. The third-order valence-electron chi connectivity index (χ3n) is 12.7. The average molecular weight is 792 g/mol. The summed E-state index contributed by atoms with van der Waals surface area (Å²) < 4.78 is 24.0. The van der Waals surface area contributed by atoms with E-state index in [1.165, 1.54) is 39.8 Å². The van der Waals surface area contributed by atoms with E-state index in [1.54, 1.807) is 48.5 Å².